The zero-order valence-electron chi connectivity index (χ0n) is 9.91. The van der Waals surface area contributed by atoms with Crippen LogP contribution in [0.3, 0.4) is 0 Å². The summed E-state index contributed by atoms with van der Waals surface area (Å²) in [5.74, 6) is 0.718. The van der Waals surface area contributed by atoms with Crippen molar-refractivity contribution in [3.05, 3.63) is 11.9 Å². The van der Waals surface area contributed by atoms with Crippen LogP contribution in [0.4, 0.5) is 24.8 Å². The summed E-state index contributed by atoms with van der Waals surface area (Å²) >= 11 is 0. The number of aryl methyl sites for hydroxylation is 1. The van der Waals surface area contributed by atoms with Crippen LogP contribution in [0, 0.1) is 6.92 Å². The Hall–Kier alpha value is -1.53. The lowest BCUT2D eigenvalue weighted by Crippen LogP contribution is -2.39. The van der Waals surface area contributed by atoms with Crippen LogP contribution in [0.5, 0.6) is 0 Å². The van der Waals surface area contributed by atoms with Crippen LogP contribution in [0.25, 0.3) is 0 Å². The van der Waals surface area contributed by atoms with Gasteiger partial charge in [-0.3, -0.25) is 0 Å². The van der Waals surface area contributed by atoms with Gasteiger partial charge in [-0.1, -0.05) is 0 Å². The minimum absolute atomic E-state index is 0.167. The van der Waals surface area contributed by atoms with Crippen molar-refractivity contribution < 1.29 is 13.2 Å². The summed E-state index contributed by atoms with van der Waals surface area (Å²) in [6.45, 7) is 3.87. The molecule has 0 aliphatic rings. The van der Waals surface area contributed by atoms with Crippen LogP contribution in [-0.2, 0) is 0 Å². The molecule has 0 spiro atoms. The lowest BCUT2D eigenvalue weighted by molar-refractivity contribution is -0.120. The molecular formula is C10H15F3N4. The summed E-state index contributed by atoms with van der Waals surface area (Å²) in [7, 11) is 0. The molecule has 0 aliphatic heterocycles. The van der Waals surface area contributed by atoms with E-state index in [1.807, 2.05) is 0 Å². The van der Waals surface area contributed by atoms with Gasteiger partial charge >= 0.3 is 6.18 Å². The fraction of sp³-hybridized carbons (Fsp3) is 0.600. The highest BCUT2D eigenvalue weighted by Crippen LogP contribution is 2.23. The molecule has 96 valence electrons. The Kier molecular flexibility index (Phi) is 3.79. The third kappa shape index (κ3) is 4.08. The van der Waals surface area contributed by atoms with Crippen molar-refractivity contribution in [3.63, 3.8) is 0 Å². The molecule has 0 radical (unpaired) electrons. The van der Waals surface area contributed by atoms with Gasteiger partial charge in [0.25, 0.3) is 0 Å². The Morgan fingerprint density at radius 1 is 1.35 bits per heavy atom. The van der Waals surface area contributed by atoms with Gasteiger partial charge in [-0.25, -0.2) is 9.97 Å². The molecular weight excluding hydrogens is 233 g/mol. The monoisotopic (exact) mass is 248 g/mol. The van der Waals surface area contributed by atoms with Crippen molar-refractivity contribution in [1.82, 2.24) is 9.97 Å². The average Bonchev–Trinajstić information content (AvgIpc) is 2.10. The fourth-order valence-corrected chi connectivity index (χ4v) is 1.44. The second kappa shape index (κ2) is 4.77. The lowest BCUT2D eigenvalue weighted by Gasteiger charge is -2.28. The maximum atomic E-state index is 12.4. The van der Waals surface area contributed by atoms with E-state index in [2.05, 4.69) is 9.97 Å². The number of halogens is 3. The summed E-state index contributed by atoms with van der Waals surface area (Å²) in [5, 5.41) is 0. The first-order valence-corrected chi connectivity index (χ1v) is 5.13. The maximum Gasteiger partial charge on any atom is 0.405 e. The van der Waals surface area contributed by atoms with Gasteiger partial charge in [0.15, 0.2) is 0 Å². The highest BCUT2D eigenvalue weighted by atomic mass is 19.4. The molecule has 0 aliphatic carbocycles. The second-order valence-electron chi connectivity index (χ2n) is 4.04. The SMILES string of the molecule is Cc1nc(N)cc(N(CC(F)(F)F)C(C)C)n1. The van der Waals surface area contributed by atoms with Gasteiger partial charge in [-0.05, 0) is 20.8 Å². The number of aromatic nitrogens is 2. The molecule has 1 rings (SSSR count). The molecule has 7 heteroatoms. The summed E-state index contributed by atoms with van der Waals surface area (Å²) in [5.41, 5.74) is 5.50. The third-order valence-corrected chi connectivity index (χ3v) is 2.11. The average molecular weight is 248 g/mol. The van der Waals surface area contributed by atoms with Gasteiger partial charge in [-0.15, -0.1) is 0 Å². The Balaban J connectivity index is 3.05. The highest BCUT2D eigenvalue weighted by Gasteiger charge is 2.32. The normalized spacial score (nSPS) is 11.9. The smallest absolute Gasteiger partial charge is 0.384 e. The molecule has 0 unspecified atom stereocenters. The topological polar surface area (TPSA) is 55.0 Å². The molecule has 0 bridgehead atoms. The molecule has 0 saturated carbocycles. The molecule has 0 atom stereocenters. The molecule has 0 saturated heterocycles. The maximum absolute atomic E-state index is 12.4. The fourth-order valence-electron chi connectivity index (χ4n) is 1.44. The number of nitrogen functional groups attached to an aromatic ring is 1. The summed E-state index contributed by atoms with van der Waals surface area (Å²) in [6.07, 6.45) is -4.28. The summed E-state index contributed by atoms with van der Waals surface area (Å²) in [4.78, 5) is 8.95. The number of hydrogen-bond donors (Lipinski definition) is 1. The van der Waals surface area contributed by atoms with E-state index < -0.39 is 12.7 Å². The van der Waals surface area contributed by atoms with Gasteiger partial charge in [0.05, 0.1) is 0 Å². The first-order valence-electron chi connectivity index (χ1n) is 5.13. The standard InChI is InChI=1S/C10H15F3N4/c1-6(2)17(5-10(11,12)13)9-4-8(14)15-7(3)16-9/h4,6H,5H2,1-3H3,(H2,14,15,16). The van der Waals surface area contributed by atoms with Gasteiger partial charge in [0, 0.05) is 12.1 Å². The number of nitrogens with two attached hydrogens (primary N) is 1. The van der Waals surface area contributed by atoms with E-state index in [0.29, 0.717) is 5.82 Å². The number of anilines is 2. The van der Waals surface area contributed by atoms with Crippen molar-refractivity contribution in [1.29, 1.82) is 0 Å². The minimum atomic E-state index is -4.28. The molecule has 1 heterocycles. The van der Waals surface area contributed by atoms with Crippen LogP contribution in [0.15, 0.2) is 6.07 Å². The van der Waals surface area contributed by atoms with Crippen LogP contribution < -0.4 is 10.6 Å². The van der Waals surface area contributed by atoms with Crippen LogP contribution in [-0.4, -0.2) is 28.7 Å². The van der Waals surface area contributed by atoms with E-state index in [9.17, 15) is 13.2 Å². The van der Waals surface area contributed by atoms with E-state index in [4.69, 9.17) is 5.73 Å². The highest BCUT2D eigenvalue weighted by molar-refractivity contribution is 5.47. The van der Waals surface area contributed by atoms with Gasteiger partial charge in [-0.2, -0.15) is 13.2 Å². The van der Waals surface area contributed by atoms with Gasteiger partial charge in [0.2, 0.25) is 0 Å². The number of alkyl halides is 3. The van der Waals surface area contributed by atoms with E-state index >= 15 is 0 Å². The Morgan fingerprint density at radius 3 is 2.35 bits per heavy atom. The molecule has 4 nitrogen and oxygen atoms in total. The predicted molar refractivity (Wildman–Crippen MR) is 59.7 cm³/mol. The molecule has 17 heavy (non-hydrogen) atoms. The van der Waals surface area contributed by atoms with Crippen LogP contribution in [0.2, 0.25) is 0 Å². The minimum Gasteiger partial charge on any atom is -0.384 e. The lowest BCUT2D eigenvalue weighted by atomic mass is 10.3. The quantitative estimate of drug-likeness (QED) is 0.890. The zero-order valence-corrected chi connectivity index (χ0v) is 9.91. The summed E-state index contributed by atoms with van der Waals surface area (Å²) in [6, 6.07) is 1.02. The van der Waals surface area contributed by atoms with Crippen molar-refractivity contribution >= 4 is 11.6 Å². The van der Waals surface area contributed by atoms with E-state index in [-0.39, 0.29) is 17.7 Å². The van der Waals surface area contributed by atoms with Crippen LogP contribution in [0.1, 0.15) is 19.7 Å². The second-order valence-corrected chi connectivity index (χ2v) is 4.04. The van der Waals surface area contributed by atoms with Gasteiger partial charge < -0.3 is 10.6 Å². The third-order valence-electron chi connectivity index (χ3n) is 2.11. The molecule has 1 aromatic heterocycles. The molecule has 1 aromatic rings. The first kappa shape index (κ1) is 13.5. The molecule has 0 aromatic carbocycles. The largest absolute Gasteiger partial charge is 0.405 e. The number of hydrogen-bond acceptors (Lipinski definition) is 4. The van der Waals surface area contributed by atoms with Crippen LogP contribution >= 0.6 is 0 Å². The van der Waals surface area contributed by atoms with Crippen molar-refractivity contribution in [2.24, 2.45) is 0 Å². The first-order chi connectivity index (χ1) is 7.69. The Bertz CT molecular complexity index is 369. The van der Waals surface area contributed by atoms with E-state index in [1.165, 1.54) is 6.07 Å². The molecule has 0 fully saturated rings. The van der Waals surface area contributed by atoms with Crippen molar-refractivity contribution in [2.75, 3.05) is 17.2 Å². The molecule has 0 amide bonds. The summed E-state index contributed by atoms with van der Waals surface area (Å²) < 4.78 is 37.3. The van der Waals surface area contributed by atoms with E-state index in [0.717, 1.165) is 4.90 Å². The Morgan fingerprint density at radius 2 is 1.94 bits per heavy atom. The predicted octanol–water partition coefficient (Wildman–Crippen LogP) is 2.14. The van der Waals surface area contributed by atoms with Crippen molar-refractivity contribution in [2.45, 2.75) is 33.0 Å². The zero-order chi connectivity index (χ0) is 13.2. The number of nitrogens with zero attached hydrogens (tertiary/aromatic N) is 3. The Labute approximate surface area is 97.7 Å². The van der Waals surface area contributed by atoms with Crippen molar-refractivity contribution in [3.8, 4) is 0 Å². The molecule has 2 N–H and O–H groups in total. The van der Waals surface area contributed by atoms with Gasteiger partial charge in [0.1, 0.15) is 24.0 Å². The van der Waals surface area contributed by atoms with E-state index in [1.54, 1.807) is 20.8 Å². The number of rotatable bonds is 3.